The fourth-order valence-electron chi connectivity index (χ4n) is 1.83. The van der Waals surface area contributed by atoms with Gasteiger partial charge in [0.1, 0.15) is 22.8 Å². The summed E-state index contributed by atoms with van der Waals surface area (Å²) in [4.78, 5) is 16.0. The SMILES string of the molecule is O=C(CSc1nc2ccccc2o1)Nc1c(F)cccc1F. The average Bonchev–Trinajstić information content (AvgIpc) is 2.92. The number of nitrogens with zero attached hydrogens (tertiary/aromatic N) is 1. The molecule has 1 aromatic heterocycles. The Hall–Kier alpha value is -2.41. The lowest BCUT2D eigenvalue weighted by atomic mass is 10.3. The Bertz CT molecular complexity index is 782. The molecule has 1 heterocycles. The number of oxazole rings is 1. The zero-order valence-electron chi connectivity index (χ0n) is 11.2. The van der Waals surface area contributed by atoms with E-state index in [0.29, 0.717) is 16.3 Å². The molecule has 1 N–H and O–H groups in total. The molecule has 0 bridgehead atoms. The summed E-state index contributed by atoms with van der Waals surface area (Å²) in [6, 6.07) is 10.6. The van der Waals surface area contributed by atoms with E-state index in [1.165, 1.54) is 6.07 Å². The first-order valence-electron chi connectivity index (χ1n) is 6.36. The molecule has 0 fully saturated rings. The molecule has 3 rings (SSSR count). The van der Waals surface area contributed by atoms with E-state index in [-0.39, 0.29) is 5.75 Å². The van der Waals surface area contributed by atoms with Gasteiger partial charge < -0.3 is 9.73 Å². The molecule has 0 unspecified atom stereocenters. The molecule has 112 valence electrons. The summed E-state index contributed by atoms with van der Waals surface area (Å²) in [5.74, 6) is -2.25. The summed E-state index contributed by atoms with van der Waals surface area (Å²) >= 11 is 1.05. The quantitative estimate of drug-likeness (QED) is 0.742. The number of para-hydroxylation sites is 3. The Balaban J connectivity index is 1.65. The molecule has 1 amide bonds. The summed E-state index contributed by atoms with van der Waals surface area (Å²) in [7, 11) is 0. The molecular formula is C15H10F2N2O2S. The molecule has 0 aliphatic carbocycles. The van der Waals surface area contributed by atoms with Gasteiger partial charge in [-0.15, -0.1) is 0 Å². The fourth-order valence-corrected chi connectivity index (χ4v) is 2.47. The van der Waals surface area contributed by atoms with Crippen LogP contribution in [0, 0.1) is 11.6 Å². The van der Waals surface area contributed by atoms with Crippen molar-refractivity contribution in [1.82, 2.24) is 4.98 Å². The van der Waals surface area contributed by atoms with Crippen molar-refractivity contribution in [3.05, 3.63) is 54.1 Å². The second-order valence-corrected chi connectivity index (χ2v) is 5.31. The van der Waals surface area contributed by atoms with Gasteiger partial charge in [0.15, 0.2) is 5.58 Å². The van der Waals surface area contributed by atoms with Gasteiger partial charge in [-0.25, -0.2) is 13.8 Å². The number of aromatic nitrogens is 1. The first-order valence-corrected chi connectivity index (χ1v) is 7.34. The highest BCUT2D eigenvalue weighted by Crippen LogP contribution is 2.24. The van der Waals surface area contributed by atoms with Crippen LogP contribution in [0.2, 0.25) is 0 Å². The first-order chi connectivity index (χ1) is 10.6. The highest BCUT2D eigenvalue weighted by Gasteiger charge is 2.13. The molecule has 0 aliphatic heterocycles. The number of thioether (sulfide) groups is 1. The maximum absolute atomic E-state index is 13.4. The lowest BCUT2D eigenvalue weighted by molar-refractivity contribution is -0.113. The number of benzene rings is 2. The summed E-state index contributed by atoms with van der Waals surface area (Å²) in [6.45, 7) is 0. The predicted octanol–water partition coefficient (Wildman–Crippen LogP) is 3.84. The standard InChI is InChI=1S/C15H10F2N2O2S/c16-9-4-3-5-10(17)14(9)19-13(20)8-22-15-18-11-6-1-2-7-12(11)21-15/h1-7H,8H2,(H,19,20). The van der Waals surface area contributed by atoms with Crippen LogP contribution in [0.4, 0.5) is 14.5 Å². The van der Waals surface area contributed by atoms with Crippen molar-refractivity contribution in [3.63, 3.8) is 0 Å². The van der Waals surface area contributed by atoms with Crippen LogP contribution in [0.1, 0.15) is 0 Å². The van der Waals surface area contributed by atoms with E-state index in [1.807, 2.05) is 12.1 Å². The van der Waals surface area contributed by atoms with E-state index in [9.17, 15) is 13.6 Å². The minimum Gasteiger partial charge on any atom is -0.431 e. The van der Waals surface area contributed by atoms with Crippen LogP contribution in [0.5, 0.6) is 0 Å². The van der Waals surface area contributed by atoms with Crippen molar-refractivity contribution in [3.8, 4) is 0 Å². The summed E-state index contributed by atoms with van der Waals surface area (Å²) in [5.41, 5.74) is 0.849. The monoisotopic (exact) mass is 320 g/mol. The maximum Gasteiger partial charge on any atom is 0.257 e. The van der Waals surface area contributed by atoms with Crippen LogP contribution in [0.15, 0.2) is 52.1 Å². The normalized spacial score (nSPS) is 10.8. The van der Waals surface area contributed by atoms with Gasteiger partial charge in [-0.2, -0.15) is 0 Å². The van der Waals surface area contributed by atoms with Crippen LogP contribution >= 0.6 is 11.8 Å². The molecule has 0 saturated heterocycles. The number of amides is 1. The lowest BCUT2D eigenvalue weighted by Gasteiger charge is -2.06. The van der Waals surface area contributed by atoms with Crippen molar-refractivity contribution in [2.24, 2.45) is 0 Å². The fraction of sp³-hybridized carbons (Fsp3) is 0.0667. The van der Waals surface area contributed by atoms with E-state index in [1.54, 1.807) is 12.1 Å². The van der Waals surface area contributed by atoms with E-state index in [0.717, 1.165) is 23.9 Å². The Labute approximate surface area is 128 Å². The van der Waals surface area contributed by atoms with Crippen molar-refractivity contribution in [2.75, 3.05) is 11.1 Å². The van der Waals surface area contributed by atoms with Gasteiger partial charge in [0, 0.05) is 0 Å². The smallest absolute Gasteiger partial charge is 0.257 e. The van der Waals surface area contributed by atoms with Crippen LogP contribution in [0.25, 0.3) is 11.1 Å². The number of fused-ring (bicyclic) bond motifs is 1. The average molecular weight is 320 g/mol. The molecular weight excluding hydrogens is 310 g/mol. The molecule has 0 saturated carbocycles. The van der Waals surface area contributed by atoms with E-state index < -0.39 is 23.2 Å². The Morgan fingerprint density at radius 1 is 1.14 bits per heavy atom. The second-order valence-electron chi connectivity index (χ2n) is 4.38. The summed E-state index contributed by atoms with van der Waals surface area (Å²) in [5, 5.41) is 2.53. The highest BCUT2D eigenvalue weighted by molar-refractivity contribution is 7.99. The number of hydrogen-bond acceptors (Lipinski definition) is 4. The van der Waals surface area contributed by atoms with Crippen LogP contribution in [-0.4, -0.2) is 16.6 Å². The molecule has 22 heavy (non-hydrogen) atoms. The third kappa shape index (κ3) is 3.09. The maximum atomic E-state index is 13.4. The highest BCUT2D eigenvalue weighted by atomic mass is 32.2. The minimum absolute atomic E-state index is 0.0689. The van der Waals surface area contributed by atoms with Gasteiger partial charge in [0.25, 0.3) is 5.22 Å². The molecule has 3 aromatic rings. The molecule has 2 aromatic carbocycles. The van der Waals surface area contributed by atoms with Gasteiger partial charge in [-0.3, -0.25) is 4.79 Å². The van der Waals surface area contributed by atoms with Crippen molar-refractivity contribution < 1.29 is 18.0 Å². The molecule has 0 spiro atoms. The molecule has 7 heteroatoms. The first kappa shape index (κ1) is 14.5. The topological polar surface area (TPSA) is 55.1 Å². The lowest BCUT2D eigenvalue weighted by Crippen LogP contribution is -2.16. The van der Waals surface area contributed by atoms with Gasteiger partial charge in [0.05, 0.1) is 5.75 Å². The number of halogens is 2. The zero-order valence-corrected chi connectivity index (χ0v) is 12.0. The van der Waals surface area contributed by atoms with Crippen molar-refractivity contribution >= 4 is 34.5 Å². The van der Waals surface area contributed by atoms with E-state index >= 15 is 0 Å². The van der Waals surface area contributed by atoms with Crippen LogP contribution < -0.4 is 5.32 Å². The van der Waals surface area contributed by atoms with E-state index in [4.69, 9.17) is 4.42 Å². The molecule has 0 atom stereocenters. The number of anilines is 1. The summed E-state index contributed by atoms with van der Waals surface area (Å²) < 4.78 is 32.3. The third-order valence-electron chi connectivity index (χ3n) is 2.83. The van der Waals surface area contributed by atoms with Gasteiger partial charge in [0.2, 0.25) is 5.91 Å². The molecule has 4 nitrogen and oxygen atoms in total. The number of carbonyl (C=O) groups is 1. The number of rotatable bonds is 4. The zero-order chi connectivity index (χ0) is 15.5. The molecule has 0 radical (unpaired) electrons. The largest absolute Gasteiger partial charge is 0.431 e. The minimum atomic E-state index is -0.819. The van der Waals surface area contributed by atoms with Gasteiger partial charge in [-0.05, 0) is 24.3 Å². The van der Waals surface area contributed by atoms with Crippen molar-refractivity contribution in [1.29, 1.82) is 0 Å². The second kappa shape index (κ2) is 6.15. The van der Waals surface area contributed by atoms with E-state index in [2.05, 4.69) is 10.3 Å². The van der Waals surface area contributed by atoms with Crippen LogP contribution in [0.3, 0.4) is 0 Å². The van der Waals surface area contributed by atoms with Gasteiger partial charge >= 0.3 is 0 Å². The number of nitrogens with one attached hydrogen (secondary N) is 1. The van der Waals surface area contributed by atoms with Crippen molar-refractivity contribution in [2.45, 2.75) is 5.22 Å². The number of hydrogen-bond donors (Lipinski definition) is 1. The third-order valence-corrected chi connectivity index (χ3v) is 3.66. The van der Waals surface area contributed by atoms with Gasteiger partial charge in [-0.1, -0.05) is 30.0 Å². The molecule has 0 aliphatic rings. The Morgan fingerprint density at radius 3 is 2.59 bits per heavy atom. The summed E-state index contributed by atoms with van der Waals surface area (Å²) in [6.07, 6.45) is 0. The Morgan fingerprint density at radius 2 is 1.86 bits per heavy atom. The van der Waals surface area contributed by atoms with Crippen LogP contribution in [-0.2, 0) is 4.79 Å². The predicted molar refractivity (Wildman–Crippen MR) is 79.7 cm³/mol. The number of carbonyl (C=O) groups excluding carboxylic acids is 1. The Kier molecular flexibility index (Phi) is 4.06.